The molecule has 4 heteroatoms. The SMILES string of the molecule is CN1C(=O)N=CC1Cl. The highest BCUT2D eigenvalue weighted by Crippen LogP contribution is 2.06. The summed E-state index contributed by atoms with van der Waals surface area (Å²) in [6.45, 7) is 0. The number of alkyl halides is 1. The predicted octanol–water partition coefficient (Wildman–Crippen LogP) is 0.688. The van der Waals surface area contributed by atoms with Gasteiger partial charge in [-0.25, -0.2) is 9.79 Å². The number of urea groups is 1. The van der Waals surface area contributed by atoms with Gasteiger partial charge in [0.05, 0.1) is 0 Å². The molecule has 3 nitrogen and oxygen atoms in total. The number of aliphatic imine (C=N–C) groups is 1. The van der Waals surface area contributed by atoms with E-state index in [0.29, 0.717) is 0 Å². The summed E-state index contributed by atoms with van der Waals surface area (Å²) in [4.78, 5) is 15.2. The molecule has 44 valence electrons. The van der Waals surface area contributed by atoms with E-state index in [1.165, 1.54) is 11.1 Å². The van der Waals surface area contributed by atoms with Gasteiger partial charge in [-0.15, -0.1) is 0 Å². The van der Waals surface area contributed by atoms with Crippen molar-refractivity contribution in [2.75, 3.05) is 7.05 Å². The average Bonchev–Trinajstić information content (AvgIpc) is 1.98. The van der Waals surface area contributed by atoms with Crippen molar-refractivity contribution in [2.45, 2.75) is 5.50 Å². The second kappa shape index (κ2) is 1.74. The number of hydrogen-bond acceptors (Lipinski definition) is 1. The second-order valence-corrected chi connectivity index (χ2v) is 1.99. The lowest BCUT2D eigenvalue weighted by Gasteiger charge is -2.08. The van der Waals surface area contributed by atoms with Crippen molar-refractivity contribution in [3.63, 3.8) is 0 Å². The normalized spacial score (nSPS) is 27.5. The zero-order valence-corrected chi connectivity index (χ0v) is 5.09. The van der Waals surface area contributed by atoms with Crippen LogP contribution < -0.4 is 0 Å². The van der Waals surface area contributed by atoms with Crippen molar-refractivity contribution >= 4 is 23.8 Å². The van der Waals surface area contributed by atoms with Gasteiger partial charge in [-0.05, 0) is 0 Å². The Morgan fingerprint density at radius 3 is 2.75 bits per heavy atom. The van der Waals surface area contributed by atoms with Crippen LogP contribution in [0.4, 0.5) is 4.79 Å². The number of carbonyl (C=O) groups excluding carboxylic acids is 1. The van der Waals surface area contributed by atoms with Crippen LogP contribution >= 0.6 is 11.6 Å². The van der Waals surface area contributed by atoms with E-state index in [2.05, 4.69) is 4.99 Å². The molecule has 1 unspecified atom stereocenters. The fourth-order valence-electron chi connectivity index (χ4n) is 0.422. The van der Waals surface area contributed by atoms with Gasteiger partial charge < -0.3 is 4.90 Å². The molecule has 0 N–H and O–H groups in total. The minimum atomic E-state index is -0.345. The summed E-state index contributed by atoms with van der Waals surface area (Å²) >= 11 is 5.51. The number of amides is 2. The van der Waals surface area contributed by atoms with Crippen LogP contribution in [0.2, 0.25) is 0 Å². The van der Waals surface area contributed by atoms with E-state index in [4.69, 9.17) is 11.6 Å². The van der Waals surface area contributed by atoms with E-state index in [-0.39, 0.29) is 11.5 Å². The highest BCUT2D eigenvalue weighted by molar-refractivity contribution is 6.30. The molecule has 0 bridgehead atoms. The summed E-state index contributed by atoms with van der Waals surface area (Å²) < 4.78 is 0. The molecule has 0 radical (unpaired) electrons. The van der Waals surface area contributed by atoms with E-state index in [0.717, 1.165) is 0 Å². The average molecular weight is 133 g/mol. The van der Waals surface area contributed by atoms with Crippen LogP contribution in [0.25, 0.3) is 0 Å². The molecule has 1 aliphatic heterocycles. The Balaban J connectivity index is 2.69. The van der Waals surface area contributed by atoms with Gasteiger partial charge in [0.25, 0.3) is 0 Å². The van der Waals surface area contributed by atoms with Crippen molar-refractivity contribution in [2.24, 2.45) is 4.99 Å². The van der Waals surface area contributed by atoms with Crippen molar-refractivity contribution in [1.29, 1.82) is 0 Å². The standard InChI is InChI=1S/C4H5ClN2O/c1-7-3(5)2-6-4(7)8/h2-3H,1H3. The Hall–Kier alpha value is -0.570. The van der Waals surface area contributed by atoms with Gasteiger partial charge in [-0.3, -0.25) is 0 Å². The Bertz CT molecular complexity index is 145. The first kappa shape index (κ1) is 5.56. The molecule has 0 saturated carbocycles. The molecule has 0 spiro atoms. The largest absolute Gasteiger partial charge is 0.344 e. The van der Waals surface area contributed by atoms with Gasteiger partial charge in [-0.1, -0.05) is 11.6 Å². The van der Waals surface area contributed by atoms with Crippen LogP contribution in [0.1, 0.15) is 0 Å². The summed E-state index contributed by atoms with van der Waals surface area (Å²) in [6.07, 6.45) is 1.41. The summed E-state index contributed by atoms with van der Waals surface area (Å²) in [7, 11) is 1.60. The van der Waals surface area contributed by atoms with Crippen LogP contribution in [0.3, 0.4) is 0 Å². The third kappa shape index (κ3) is 0.690. The lowest BCUT2D eigenvalue weighted by Crippen LogP contribution is -2.25. The quantitative estimate of drug-likeness (QED) is 0.353. The molecule has 1 atom stereocenters. The van der Waals surface area contributed by atoms with Crippen molar-refractivity contribution < 1.29 is 4.79 Å². The van der Waals surface area contributed by atoms with E-state index in [1.54, 1.807) is 7.05 Å². The molecule has 0 aromatic carbocycles. The zero-order chi connectivity index (χ0) is 6.15. The molecule has 8 heavy (non-hydrogen) atoms. The van der Waals surface area contributed by atoms with Gasteiger partial charge in [-0.2, -0.15) is 0 Å². The van der Waals surface area contributed by atoms with E-state index in [1.807, 2.05) is 0 Å². The Morgan fingerprint density at radius 1 is 2.00 bits per heavy atom. The maximum absolute atomic E-state index is 10.4. The summed E-state index contributed by atoms with van der Waals surface area (Å²) in [5, 5.41) is 0. The van der Waals surface area contributed by atoms with Crippen LogP contribution in [0.5, 0.6) is 0 Å². The molecular formula is C4H5ClN2O. The maximum atomic E-state index is 10.4. The number of halogens is 1. The molecule has 2 amide bonds. The molecule has 0 fully saturated rings. The minimum absolute atomic E-state index is 0.273. The van der Waals surface area contributed by atoms with E-state index in [9.17, 15) is 4.79 Å². The number of rotatable bonds is 0. The Labute approximate surface area is 51.9 Å². The predicted molar refractivity (Wildman–Crippen MR) is 31.3 cm³/mol. The number of carbonyl (C=O) groups is 1. The third-order valence-corrected chi connectivity index (χ3v) is 1.39. The van der Waals surface area contributed by atoms with Crippen LogP contribution in [-0.2, 0) is 0 Å². The Kier molecular flexibility index (Phi) is 1.21. The second-order valence-electron chi connectivity index (χ2n) is 1.54. The third-order valence-electron chi connectivity index (χ3n) is 0.980. The molecule has 1 aliphatic rings. The lowest BCUT2D eigenvalue weighted by atomic mass is 10.7. The van der Waals surface area contributed by atoms with Crippen molar-refractivity contribution in [1.82, 2.24) is 4.90 Å². The van der Waals surface area contributed by atoms with Gasteiger partial charge in [0.15, 0.2) is 0 Å². The number of hydrogen-bond donors (Lipinski definition) is 0. The van der Waals surface area contributed by atoms with Crippen LogP contribution in [0.15, 0.2) is 4.99 Å². The highest BCUT2D eigenvalue weighted by atomic mass is 35.5. The van der Waals surface area contributed by atoms with Crippen LogP contribution in [0, 0.1) is 0 Å². The molecule has 0 aliphatic carbocycles. The minimum Gasteiger partial charge on any atom is -0.304 e. The summed E-state index contributed by atoms with van der Waals surface area (Å²) in [5.74, 6) is 0. The van der Waals surface area contributed by atoms with E-state index >= 15 is 0 Å². The molecule has 1 heterocycles. The first-order chi connectivity index (χ1) is 3.72. The first-order valence-corrected chi connectivity index (χ1v) is 2.60. The van der Waals surface area contributed by atoms with Gasteiger partial charge in [0.2, 0.25) is 0 Å². The fraction of sp³-hybridized carbons (Fsp3) is 0.500. The van der Waals surface area contributed by atoms with Crippen molar-refractivity contribution in [3.8, 4) is 0 Å². The van der Waals surface area contributed by atoms with Gasteiger partial charge in [0, 0.05) is 13.3 Å². The monoisotopic (exact) mass is 132 g/mol. The topological polar surface area (TPSA) is 32.7 Å². The van der Waals surface area contributed by atoms with E-state index < -0.39 is 0 Å². The van der Waals surface area contributed by atoms with Crippen LogP contribution in [-0.4, -0.2) is 29.7 Å². The molecule has 0 saturated heterocycles. The summed E-state index contributed by atoms with van der Waals surface area (Å²) in [6, 6.07) is -0.273. The maximum Gasteiger partial charge on any atom is 0.344 e. The lowest BCUT2D eigenvalue weighted by molar-refractivity contribution is 0.225. The van der Waals surface area contributed by atoms with Gasteiger partial charge >= 0.3 is 6.03 Å². The van der Waals surface area contributed by atoms with Gasteiger partial charge in [0.1, 0.15) is 5.50 Å². The smallest absolute Gasteiger partial charge is 0.304 e. The highest BCUT2D eigenvalue weighted by Gasteiger charge is 2.19. The molecular weight excluding hydrogens is 128 g/mol. The first-order valence-electron chi connectivity index (χ1n) is 2.17. The molecule has 0 aromatic rings. The Morgan fingerprint density at radius 2 is 2.62 bits per heavy atom. The molecule has 0 aromatic heterocycles. The fourth-order valence-corrected chi connectivity index (χ4v) is 0.562. The zero-order valence-electron chi connectivity index (χ0n) is 4.34. The number of nitrogens with zero attached hydrogens (tertiary/aromatic N) is 2. The van der Waals surface area contributed by atoms with Crippen molar-refractivity contribution in [3.05, 3.63) is 0 Å². The molecule has 1 rings (SSSR count). The summed E-state index contributed by atoms with van der Waals surface area (Å²) in [5.41, 5.74) is -0.345.